The number of rotatable bonds is 8. The second-order valence-electron chi connectivity index (χ2n) is 3.41. The molecule has 1 aromatic heterocycles. The number of hydrogen-bond acceptors (Lipinski definition) is 5. The number of nitro groups is 1. The highest BCUT2D eigenvalue weighted by Gasteiger charge is 2.09. The quantitative estimate of drug-likeness (QED) is 0.259. The standard InChI is InChI=1S/C11H14ClN3O3/c1-2-3-5-18-6-4-13-11-8-9(15(16)17)7-10(12)14-11/h2,7-8H,1,3-6H2,(H,13,14). The Morgan fingerprint density at radius 2 is 2.33 bits per heavy atom. The maximum atomic E-state index is 10.6. The first-order chi connectivity index (χ1) is 8.63. The Labute approximate surface area is 110 Å². The van der Waals surface area contributed by atoms with Crippen LogP contribution in [-0.2, 0) is 4.74 Å². The van der Waals surface area contributed by atoms with Gasteiger partial charge in [-0.15, -0.1) is 6.58 Å². The molecular formula is C11H14ClN3O3. The molecule has 7 heteroatoms. The molecule has 1 N–H and O–H groups in total. The first-order valence-electron chi connectivity index (χ1n) is 5.38. The second-order valence-corrected chi connectivity index (χ2v) is 3.79. The molecule has 1 heterocycles. The van der Waals surface area contributed by atoms with Crippen molar-refractivity contribution in [2.75, 3.05) is 25.1 Å². The summed E-state index contributed by atoms with van der Waals surface area (Å²) < 4.78 is 5.28. The number of nitrogens with zero attached hydrogens (tertiary/aromatic N) is 2. The molecule has 18 heavy (non-hydrogen) atoms. The van der Waals surface area contributed by atoms with Crippen LogP contribution in [0.5, 0.6) is 0 Å². The van der Waals surface area contributed by atoms with Gasteiger partial charge in [-0.25, -0.2) is 4.98 Å². The Hall–Kier alpha value is -1.66. The molecule has 0 bridgehead atoms. The van der Waals surface area contributed by atoms with E-state index in [9.17, 15) is 10.1 Å². The molecule has 0 aliphatic rings. The van der Waals surface area contributed by atoms with Crippen LogP contribution >= 0.6 is 11.6 Å². The van der Waals surface area contributed by atoms with Gasteiger partial charge in [0.05, 0.1) is 30.3 Å². The minimum Gasteiger partial charge on any atom is -0.379 e. The van der Waals surface area contributed by atoms with Crippen molar-refractivity contribution in [2.24, 2.45) is 0 Å². The van der Waals surface area contributed by atoms with Crippen LogP contribution in [0.25, 0.3) is 0 Å². The Balaban J connectivity index is 2.42. The summed E-state index contributed by atoms with van der Waals surface area (Å²) in [6, 6.07) is 2.53. The zero-order valence-corrected chi connectivity index (χ0v) is 10.5. The topological polar surface area (TPSA) is 77.3 Å². The van der Waals surface area contributed by atoms with Crippen molar-refractivity contribution in [3.63, 3.8) is 0 Å². The summed E-state index contributed by atoms with van der Waals surface area (Å²) in [4.78, 5) is 14.0. The smallest absolute Gasteiger partial charge is 0.276 e. The Morgan fingerprint density at radius 3 is 3.00 bits per heavy atom. The average molecular weight is 272 g/mol. The summed E-state index contributed by atoms with van der Waals surface area (Å²) in [5, 5.41) is 13.6. The number of pyridine rings is 1. The van der Waals surface area contributed by atoms with E-state index in [0.29, 0.717) is 25.6 Å². The van der Waals surface area contributed by atoms with Crippen molar-refractivity contribution < 1.29 is 9.66 Å². The number of anilines is 1. The van der Waals surface area contributed by atoms with Gasteiger partial charge in [-0.1, -0.05) is 17.7 Å². The molecule has 0 unspecified atom stereocenters. The van der Waals surface area contributed by atoms with E-state index in [4.69, 9.17) is 16.3 Å². The van der Waals surface area contributed by atoms with Crippen LogP contribution in [0, 0.1) is 10.1 Å². The molecule has 0 saturated carbocycles. The van der Waals surface area contributed by atoms with Crippen LogP contribution in [-0.4, -0.2) is 29.7 Å². The normalized spacial score (nSPS) is 10.1. The summed E-state index contributed by atoms with van der Waals surface area (Å²) in [6.07, 6.45) is 2.57. The van der Waals surface area contributed by atoms with Gasteiger partial charge in [-0.2, -0.15) is 0 Å². The number of hydrogen-bond donors (Lipinski definition) is 1. The molecule has 0 fully saturated rings. The highest BCUT2D eigenvalue weighted by Crippen LogP contribution is 2.20. The van der Waals surface area contributed by atoms with E-state index in [2.05, 4.69) is 16.9 Å². The van der Waals surface area contributed by atoms with Crippen molar-refractivity contribution >= 4 is 23.1 Å². The maximum absolute atomic E-state index is 10.6. The van der Waals surface area contributed by atoms with Gasteiger partial charge in [0.25, 0.3) is 5.69 Å². The molecule has 0 spiro atoms. The first kappa shape index (κ1) is 14.4. The minimum absolute atomic E-state index is 0.0827. The van der Waals surface area contributed by atoms with E-state index in [1.807, 2.05) is 0 Å². The zero-order chi connectivity index (χ0) is 13.4. The Morgan fingerprint density at radius 1 is 1.56 bits per heavy atom. The minimum atomic E-state index is -0.515. The molecule has 0 radical (unpaired) electrons. The number of halogens is 1. The fourth-order valence-electron chi connectivity index (χ4n) is 1.20. The molecular weight excluding hydrogens is 258 g/mol. The van der Waals surface area contributed by atoms with Gasteiger partial charge in [0, 0.05) is 6.54 Å². The van der Waals surface area contributed by atoms with Gasteiger partial charge in [-0.3, -0.25) is 10.1 Å². The Kier molecular flexibility index (Phi) is 6.10. The molecule has 0 saturated heterocycles. The van der Waals surface area contributed by atoms with E-state index >= 15 is 0 Å². The fourth-order valence-corrected chi connectivity index (χ4v) is 1.40. The highest BCUT2D eigenvalue weighted by atomic mass is 35.5. The summed E-state index contributed by atoms with van der Waals surface area (Å²) in [5.41, 5.74) is -0.0925. The van der Waals surface area contributed by atoms with Gasteiger partial charge in [0.15, 0.2) is 0 Å². The summed E-state index contributed by atoms with van der Waals surface area (Å²) in [7, 11) is 0. The van der Waals surface area contributed by atoms with Gasteiger partial charge in [-0.05, 0) is 6.42 Å². The molecule has 0 aliphatic carbocycles. The van der Waals surface area contributed by atoms with Crippen LogP contribution in [0.15, 0.2) is 24.8 Å². The highest BCUT2D eigenvalue weighted by molar-refractivity contribution is 6.29. The van der Waals surface area contributed by atoms with Crippen LogP contribution < -0.4 is 5.32 Å². The van der Waals surface area contributed by atoms with E-state index < -0.39 is 4.92 Å². The second kappa shape index (κ2) is 7.62. The molecule has 1 aromatic rings. The number of nitrogens with one attached hydrogen (secondary N) is 1. The van der Waals surface area contributed by atoms with Gasteiger partial charge < -0.3 is 10.1 Å². The van der Waals surface area contributed by atoms with E-state index in [0.717, 1.165) is 6.42 Å². The van der Waals surface area contributed by atoms with Crippen LogP contribution in [0.1, 0.15) is 6.42 Å². The van der Waals surface area contributed by atoms with Crippen molar-refractivity contribution in [2.45, 2.75) is 6.42 Å². The van der Waals surface area contributed by atoms with E-state index in [-0.39, 0.29) is 10.8 Å². The summed E-state index contributed by atoms with van der Waals surface area (Å²) in [5.74, 6) is 0.363. The van der Waals surface area contributed by atoms with Crippen molar-refractivity contribution in [1.82, 2.24) is 4.98 Å². The Bertz CT molecular complexity index is 426. The summed E-state index contributed by atoms with van der Waals surface area (Å²) >= 11 is 5.68. The molecule has 0 amide bonds. The third kappa shape index (κ3) is 5.11. The van der Waals surface area contributed by atoms with Crippen LogP contribution in [0.2, 0.25) is 5.15 Å². The zero-order valence-electron chi connectivity index (χ0n) is 9.76. The van der Waals surface area contributed by atoms with Crippen LogP contribution in [0.3, 0.4) is 0 Å². The molecule has 0 aromatic carbocycles. The largest absolute Gasteiger partial charge is 0.379 e. The number of ether oxygens (including phenoxy) is 1. The fraction of sp³-hybridized carbons (Fsp3) is 0.364. The van der Waals surface area contributed by atoms with Gasteiger partial charge in [0.2, 0.25) is 0 Å². The predicted octanol–water partition coefficient (Wildman–Crippen LogP) is 2.65. The third-order valence-corrected chi connectivity index (χ3v) is 2.20. The van der Waals surface area contributed by atoms with E-state index in [1.54, 1.807) is 6.08 Å². The van der Waals surface area contributed by atoms with Crippen LogP contribution in [0.4, 0.5) is 11.5 Å². The van der Waals surface area contributed by atoms with Crippen molar-refractivity contribution in [1.29, 1.82) is 0 Å². The lowest BCUT2D eigenvalue weighted by atomic mass is 10.4. The maximum Gasteiger partial charge on any atom is 0.276 e. The van der Waals surface area contributed by atoms with Crippen molar-refractivity contribution in [3.05, 3.63) is 40.1 Å². The average Bonchev–Trinajstić information content (AvgIpc) is 2.33. The summed E-state index contributed by atoms with van der Waals surface area (Å²) in [6.45, 7) is 5.17. The lowest BCUT2D eigenvalue weighted by Gasteiger charge is -2.06. The molecule has 0 atom stereocenters. The van der Waals surface area contributed by atoms with Crippen molar-refractivity contribution in [3.8, 4) is 0 Å². The third-order valence-electron chi connectivity index (χ3n) is 2.01. The lowest BCUT2D eigenvalue weighted by molar-refractivity contribution is -0.384. The van der Waals surface area contributed by atoms with Gasteiger partial charge >= 0.3 is 0 Å². The molecule has 1 rings (SSSR count). The lowest BCUT2D eigenvalue weighted by Crippen LogP contribution is -2.11. The molecule has 6 nitrogen and oxygen atoms in total. The number of aromatic nitrogens is 1. The monoisotopic (exact) mass is 271 g/mol. The predicted molar refractivity (Wildman–Crippen MR) is 70.0 cm³/mol. The SMILES string of the molecule is C=CCCOCCNc1cc([N+](=O)[O-])cc(Cl)n1. The molecule has 0 aliphatic heterocycles. The molecule has 98 valence electrons. The first-order valence-corrected chi connectivity index (χ1v) is 5.76. The van der Waals surface area contributed by atoms with E-state index in [1.165, 1.54) is 12.1 Å². The van der Waals surface area contributed by atoms with Gasteiger partial charge in [0.1, 0.15) is 11.0 Å².